The second-order valence-electron chi connectivity index (χ2n) is 7.43. The minimum Gasteiger partial charge on any atom is -0.394 e. The highest BCUT2D eigenvalue weighted by atomic mass is 16.3. The van der Waals surface area contributed by atoms with E-state index in [2.05, 4.69) is 36.4 Å². The zero-order chi connectivity index (χ0) is 14.4. The fraction of sp³-hybridized carbons (Fsp3) is 0.867. The molecule has 2 fully saturated rings. The molecule has 2 bridgehead atoms. The number of aromatic nitrogens is 3. The second-order valence-corrected chi connectivity index (χ2v) is 7.43. The Labute approximate surface area is 120 Å². The predicted octanol–water partition coefficient (Wildman–Crippen LogP) is 1.57. The summed E-state index contributed by atoms with van der Waals surface area (Å²) >= 11 is 0. The molecule has 3 rings (SSSR count). The Hall–Kier alpha value is -0.940. The van der Waals surface area contributed by atoms with Gasteiger partial charge in [-0.1, -0.05) is 26.0 Å². The monoisotopic (exact) mass is 278 g/mol. The highest BCUT2D eigenvalue weighted by Crippen LogP contribution is 2.62. The molecular weight excluding hydrogens is 252 g/mol. The molecule has 1 aromatic rings. The number of aliphatic hydroxyl groups is 1. The van der Waals surface area contributed by atoms with Gasteiger partial charge in [0, 0.05) is 18.8 Å². The molecule has 3 atom stereocenters. The third kappa shape index (κ3) is 2.17. The lowest BCUT2D eigenvalue weighted by molar-refractivity contribution is 0.107. The largest absolute Gasteiger partial charge is 0.394 e. The van der Waals surface area contributed by atoms with Gasteiger partial charge in [-0.15, -0.1) is 5.10 Å². The van der Waals surface area contributed by atoms with Crippen LogP contribution in [0.25, 0.3) is 0 Å². The molecule has 0 saturated heterocycles. The lowest BCUT2D eigenvalue weighted by atomic mass is 9.68. The number of nitrogens with zero attached hydrogens (tertiary/aromatic N) is 3. The normalized spacial score (nSPS) is 34.8. The van der Waals surface area contributed by atoms with Crippen molar-refractivity contribution in [2.24, 2.45) is 16.7 Å². The van der Waals surface area contributed by atoms with E-state index in [-0.39, 0.29) is 6.61 Å². The maximum absolute atomic E-state index is 8.90. The molecule has 2 N–H and O–H groups in total. The molecular formula is C15H26N4O. The molecule has 0 aromatic carbocycles. The fourth-order valence-corrected chi connectivity index (χ4v) is 4.65. The zero-order valence-corrected chi connectivity index (χ0v) is 12.8. The smallest absolute Gasteiger partial charge is 0.0964 e. The van der Waals surface area contributed by atoms with Gasteiger partial charge < -0.3 is 10.4 Å². The summed E-state index contributed by atoms with van der Waals surface area (Å²) in [6.07, 6.45) is 6.00. The van der Waals surface area contributed by atoms with Gasteiger partial charge in [-0.3, -0.25) is 0 Å². The lowest BCUT2D eigenvalue weighted by Gasteiger charge is -2.43. The van der Waals surface area contributed by atoms with Crippen LogP contribution in [0.1, 0.15) is 45.7 Å². The van der Waals surface area contributed by atoms with Crippen LogP contribution < -0.4 is 5.32 Å². The van der Waals surface area contributed by atoms with Crippen LogP contribution >= 0.6 is 0 Å². The molecule has 2 aliphatic rings. The average molecular weight is 278 g/mol. The van der Waals surface area contributed by atoms with Crippen LogP contribution in [0.15, 0.2) is 6.20 Å². The van der Waals surface area contributed by atoms with Crippen molar-refractivity contribution in [3.05, 3.63) is 11.9 Å². The van der Waals surface area contributed by atoms with Crippen LogP contribution in [-0.2, 0) is 13.1 Å². The highest BCUT2D eigenvalue weighted by Gasteiger charge is 2.58. The van der Waals surface area contributed by atoms with Crippen molar-refractivity contribution in [3.8, 4) is 0 Å². The number of fused-ring (bicyclic) bond motifs is 2. The molecule has 112 valence electrons. The molecule has 20 heavy (non-hydrogen) atoms. The molecule has 0 aliphatic heterocycles. The first-order valence-electron chi connectivity index (χ1n) is 7.69. The summed E-state index contributed by atoms with van der Waals surface area (Å²) < 4.78 is 1.70. The van der Waals surface area contributed by atoms with Crippen molar-refractivity contribution in [2.75, 3.05) is 6.61 Å². The quantitative estimate of drug-likeness (QED) is 0.858. The molecule has 0 radical (unpaired) electrons. The van der Waals surface area contributed by atoms with Gasteiger partial charge in [-0.2, -0.15) is 0 Å². The van der Waals surface area contributed by atoms with Gasteiger partial charge in [0.1, 0.15) is 0 Å². The van der Waals surface area contributed by atoms with Crippen LogP contribution in [0.5, 0.6) is 0 Å². The summed E-state index contributed by atoms with van der Waals surface area (Å²) in [5, 5.41) is 20.8. The Morgan fingerprint density at radius 1 is 1.45 bits per heavy atom. The number of hydrogen-bond donors (Lipinski definition) is 2. The topological polar surface area (TPSA) is 63.0 Å². The molecule has 1 aromatic heterocycles. The molecule has 0 amide bonds. The first-order valence-corrected chi connectivity index (χ1v) is 7.69. The van der Waals surface area contributed by atoms with E-state index in [4.69, 9.17) is 5.11 Å². The van der Waals surface area contributed by atoms with Gasteiger partial charge in [0.05, 0.1) is 18.8 Å². The first kappa shape index (κ1) is 14.0. The highest BCUT2D eigenvalue weighted by molar-refractivity contribution is 5.12. The summed E-state index contributed by atoms with van der Waals surface area (Å²) in [6.45, 7) is 8.63. The van der Waals surface area contributed by atoms with Crippen molar-refractivity contribution in [1.82, 2.24) is 20.3 Å². The Morgan fingerprint density at radius 2 is 2.25 bits per heavy atom. The van der Waals surface area contributed by atoms with Crippen LogP contribution in [-0.4, -0.2) is 32.7 Å². The zero-order valence-electron chi connectivity index (χ0n) is 12.8. The minimum atomic E-state index is 0.103. The van der Waals surface area contributed by atoms with Crippen LogP contribution in [0.3, 0.4) is 0 Å². The summed E-state index contributed by atoms with van der Waals surface area (Å²) in [4.78, 5) is 0. The van der Waals surface area contributed by atoms with Crippen LogP contribution in [0, 0.1) is 16.7 Å². The van der Waals surface area contributed by atoms with Gasteiger partial charge in [0.25, 0.3) is 0 Å². The Kier molecular flexibility index (Phi) is 3.37. The third-order valence-electron chi connectivity index (χ3n) is 5.67. The number of rotatable bonds is 5. The summed E-state index contributed by atoms with van der Waals surface area (Å²) in [5.74, 6) is 0.857. The summed E-state index contributed by atoms with van der Waals surface area (Å²) in [7, 11) is 0. The van der Waals surface area contributed by atoms with E-state index in [1.165, 1.54) is 19.3 Å². The molecule has 5 nitrogen and oxygen atoms in total. The Morgan fingerprint density at radius 3 is 2.90 bits per heavy atom. The number of nitrogens with one attached hydrogen (secondary N) is 1. The van der Waals surface area contributed by atoms with Crippen molar-refractivity contribution in [3.63, 3.8) is 0 Å². The second kappa shape index (κ2) is 4.81. The fourth-order valence-electron chi connectivity index (χ4n) is 4.65. The maximum Gasteiger partial charge on any atom is 0.0964 e. The number of aliphatic hydroxyl groups excluding tert-OH is 1. The van der Waals surface area contributed by atoms with E-state index in [0.717, 1.165) is 18.2 Å². The van der Waals surface area contributed by atoms with Gasteiger partial charge in [-0.05, 0) is 36.0 Å². The Bertz CT molecular complexity index is 479. The van der Waals surface area contributed by atoms with Gasteiger partial charge >= 0.3 is 0 Å². The van der Waals surface area contributed by atoms with E-state index in [1.54, 1.807) is 4.68 Å². The first-order chi connectivity index (χ1) is 9.45. The standard InChI is InChI=1S/C15H26N4O/c1-14(2)11-4-5-15(3,8-11)13(14)16-9-12-10-19(6-7-20)18-17-12/h10-11,13,16,20H,4-9H2,1-3H3. The molecule has 2 aliphatic carbocycles. The van der Waals surface area contributed by atoms with Crippen molar-refractivity contribution in [2.45, 2.75) is 59.2 Å². The Balaban J connectivity index is 1.65. The van der Waals surface area contributed by atoms with Crippen LogP contribution in [0.4, 0.5) is 0 Å². The van der Waals surface area contributed by atoms with Gasteiger partial charge in [-0.25, -0.2) is 4.68 Å². The SMILES string of the molecule is CC12CCC(C1)C(C)(C)C2NCc1cn(CCO)nn1. The molecule has 5 heteroatoms. The number of hydrogen-bond acceptors (Lipinski definition) is 4. The van der Waals surface area contributed by atoms with E-state index >= 15 is 0 Å². The average Bonchev–Trinajstić information content (AvgIpc) is 3.01. The molecule has 0 spiro atoms. The third-order valence-corrected chi connectivity index (χ3v) is 5.67. The van der Waals surface area contributed by atoms with Crippen molar-refractivity contribution in [1.29, 1.82) is 0 Å². The molecule has 1 heterocycles. The lowest BCUT2D eigenvalue weighted by Crippen LogP contribution is -2.49. The van der Waals surface area contributed by atoms with Gasteiger partial charge in [0.15, 0.2) is 0 Å². The van der Waals surface area contributed by atoms with Crippen molar-refractivity contribution >= 4 is 0 Å². The predicted molar refractivity (Wildman–Crippen MR) is 77.0 cm³/mol. The summed E-state index contributed by atoms with van der Waals surface area (Å²) in [6, 6.07) is 0.553. The minimum absolute atomic E-state index is 0.103. The maximum atomic E-state index is 8.90. The van der Waals surface area contributed by atoms with E-state index in [1.807, 2.05) is 6.20 Å². The summed E-state index contributed by atoms with van der Waals surface area (Å²) in [5.41, 5.74) is 1.77. The van der Waals surface area contributed by atoms with Gasteiger partial charge in [0.2, 0.25) is 0 Å². The molecule has 2 saturated carbocycles. The van der Waals surface area contributed by atoms with Crippen molar-refractivity contribution < 1.29 is 5.11 Å². The van der Waals surface area contributed by atoms with E-state index < -0.39 is 0 Å². The molecule has 3 unspecified atom stereocenters. The van der Waals surface area contributed by atoms with E-state index in [0.29, 0.717) is 23.4 Å². The van der Waals surface area contributed by atoms with E-state index in [9.17, 15) is 0 Å². The van der Waals surface area contributed by atoms with Crippen LogP contribution in [0.2, 0.25) is 0 Å².